The van der Waals surface area contributed by atoms with Crippen LogP contribution < -0.4 is 0 Å². The molecule has 3 nitrogen and oxygen atoms in total. The van der Waals surface area contributed by atoms with Crippen molar-refractivity contribution < 1.29 is 5.11 Å². The average Bonchev–Trinajstić information content (AvgIpc) is 2.62. The summed E-state index contributed by atoms with van der Waals surface area (Å²) in [5.41, 5.74) is 1.33. The van der Waals surface area contributed by atoms with Gasteiger partial charge >= 0.3 is 0 Å². The van der Waals surface area contributed by atoms with Gasteiger partial charge in [-0.2, -0.15) is 0 Å². The lowest BCUT2D eigenvalue weighted by Crippen LogP contribution is -2.35. The molecule has 1 aliphatic rings. The van der Waals surface area contributed by atoms with Crippen LogP contribution in [0, 0.1) is 0 Å². The molecule has 1 aromatic rings. The van der Waals surface area contributed by atoms with Crippen molar-refractivity contribution in [1.82, 2.24) is 9.88 Å². The van der Waals surface area contributed by atoms with Gasteiger partial charge in [0.25, 0.3) is 0 Å². The fourth-order valence-corrected chi connectivity index (χ4v) is 1.79. The number of piperidine rings is 1. The fraction of sp³-hybridized carbons (Fsp3) is 0.600. The molecule has 0 aliphatic carbocycles. The van der Waals surface area contributed by atoms with Crippen molar-refractivity contribution in [1.29, 1.82) is 0 Å². The minimum atomic E-state index is -0.0672. The molecule has 72 valence electrons. The fourth-order valence-electron chi connectivity index (χ4n) is 1.79. The number of rotatable bonds is 2. The lowest BCUT2D eigenvalue weighted by molar-refractivity contribution is 0.0792. The van der Waals surface area contributed by atoms with E-state index in [1.807, 2.05) is 12.4 Å². The Bertz CT molecular complexity index is 237. The van der Waals surface area contributed by atoms with E-state index in [9.17, 15) is 5.11 Å². The molecule has 0 radical (unpaired) electrons. The molecule has 2 heterocycles. The second-order valence-electron chi connectivity index (χ2n) is 3.73. The largest absolute Gasteiger partial charge is 0.393 e. The van der Waals surface area contributed by atoms with Crippen molar-refractivity contribution in [3.63, 3.8) is 0 Å². The van der Waals surface area contributed by atoms with E-state index in [2.05, 4.69) is 16.0 Å². The van der Waals surface area contributed by atoms with E-state index in [1.165, 1.54) is 5.56 Å². The van der Waals surface area contributed by atoms with Crippen LogP contribution in [0.25, 0.3) is 0 Å². The predicted octanol–water partition coefficient (Wildman–Crippen LogP) is 0.971. The van der Waals surface area contributed by atoms with Crippen molar-refractivity contribution in [2.24, 2.45) is 0 Å². The van der Waals surface area contributed by atoms with Gasteiger partial charge in [0.15, 0.2) is 0 Å². The van der Waals surface area contributed by atoms with E-state index in [-0.39, 0.29) is 6.10 Å². The Morgan fingerprint density at radius 1 is 1.46 bits per heavy atom. The SMILES string of the molecule is OC1CCN(Cc2cc[nH]c2)CC1. The van der Waals surface area contributed by atoms with Gasteiger partial charge in [0.05, 0.1) is 6.10 Å². The third-order valence-corrected chi connectivity index (χ3v) is 2.63. The summed E-state index contributed by atoms with van der Waals surface area (Å²) in [6.07, 6.45) is 5.76. The Labute approximate surface area is 78.4 Å². The molecule has 0 amide bonds. The molecule has 13 heavy (non-hydrogen) atoms. The second kappa shape index (κ2) is 3.94. The zero-order valence-electron chi connectivity index (χ0n) is 7.74. The Morgan fingerprint density at radius 3 is 2.85 bits per heavy atom. The molecule has 1 fully saturated rings. The first-order valence-electron chi connectivity index (χ1n) is 4.86. The molecule has 0 aromatic carbocycles. The van der Waals surface area contributed by atoms with Crippen LogP contribution in [0.1, 0.15) is 18.4 Å². The molecule has 0 unspecified atom stereocenters. The molecular formula is C10H16N2O. The maximum atomic E-state index is 9.32. The third-order valence-electron chi connectivity index (χ3n) is 2.63. The molecule has 0 bridgehead atoms. The summed E-state index contributed by atoms with van der Waals surface area (Å²) in [7, 11) is 0. The molecule has 1 saturated heterocycles. The van der Waals surface area contributed by atoms with Gasteiger partial charge in [-0.3, -0.25) is 4.90 Å². The molecule has 1 aromatic heterocycles. The summed E-state index contributed by atoms with van der Waals surface area (Å²) in [6.45, 7) is 3.05. The first-order valence-corrected chi connectivity index (χ1v) is 4.86. The van der Waals surface area contributed by atoms with Crippen LogP contribution in [0.3, 0.4) is 0 Å². The van der Waals surface area contributed by atoms with Crippen LogP contribution in [-0.2, 0) is 6.54 Å². The van der Waals surface area contributed by atoms with Gasteiger partial charge in [-0.15, -0.1) is 0 Å². The highest BCUT2D eigenvalue weighted by molar-refractivity contribution is 5.08. The van der Waals surface area contributed by atoms with Gasteiger partial charge < -0.3 is 10.1 Å². The summed E-state index contributed by atoms with van der Waals surface area (Å²) >= 11 is 0. The Kier molecular flexibility index (Phi) is 2.66. The van der Waals surface area contributed by atoms with Crippen LogP contribution >= 0.6 is 0 Å². The second-order valence-corrected chi connectivity index (χ2v) is 3.73. The number of H-pyrrole nitrogens is 1. The Balaban J connectivity index is 1.83. The number of hydrogen-bond donors (Lipinski definition) is 2. The summed E-state index contributed by atoms with van der Waals surface area (Å²) in [5.74, 6) is 0. The highest BCUT2D eigenvalue weighted by Crippen LogP contribution is 2.12. The molecule has 0 spiro atoms. The van der Waals surface area contributed by atoms with Gasteiger partial charge in [0.1, 0.15) is 0 Å². The third kappa shape index (κ3) is 2.32. The quantitative estimate of drug-likeness (QED) is 0.712. The van der Waals surface area contributed by atoms with Gasteiger partial charge in [-0.25, -0.2) is 0 Å². The summed E-state index contributed by atoms with van der Waals surface area (Å²) < 4.78 is 0. The minimum absolute atomic E-state index is 0.0672. The van der Waals surface area contributed by atoms with Crippen molar-refractivity contribution >= 4 is 0 Å². The summed E-state index contributed by atoms with van der Waals surface area (Å²) in [5, 5.41) is 9.32. The molecule has 1 aliphatic heterocycles. The smallest absolute Gasteiger partial charge is 0.0564 e. The van der Waals surface area contributed by atoms with E-state index in [1.54, 1.807) is 0 Å². The molecule has 2 N–H and O–H groups in total. The first-order chi connectivity index (χ1) is 6.34. The van der Waals surface area contributed by atoms with Crippen molar-refractivity contribution in [3.05, 3.63) is 24.0 Å². The first kappa shape index (κ1) is 8.78. The van der Waals surface area contributed by atoms with Crippen LogP contribution in [0.4, 0.5) is 0 Å². The lowest BCUT2D eigenvalue weighted by Gasteiger charge is -2.28. The van der Waals surface area contributed by atoms with E-state index >= 15 is 0 Å². The number of nitrogens with zero attached hydrogens (tertiary/aromatic N) is 1. The van der Waals surface area contributed by atoms with Crippen molar-refractivity contribution in [2.75, 3.05) is 13.1 Å². The monoisotopic (exact) mass is 180 g/mol. The van der Waals surface area contributed by atoms with E-state index in [4.69, 9.17) is 0 Å². The topological polar surface area (TPSA) is 39.3 Å². The predicted molar refractivity (Wildman–Crippen MR) is 51.3 cm³/mol. The van der Waals surface area contributed by atoms with Crippen molar-refractivity contribution in [2.45, 2.75) is 25.5 Å². The number of aliphatic hydroxyl groups excluding tert-OH is 1. The summed E-state index contributed by atoms with van der Waals surface area (Å²) in [6, 6.07) is 2.10. The van der Waals surface area contributed by atoms with Gasteiger partial charge in [0, 0.05) is 32.0 Å². The summed E-state index contributed by atoms with van der Waals surface area (Å²) in [4.78, 5) is 5.44. The van der Waals surface area contributed by atoms with E-state index in [0.717, 1.165) is 32.5 Å². The number of nitrogens with one attached hydrogen (secondary N) is 1. The van der Waals surface area contributed by atoms with Gasteiger partial charge in [0.2, 0.25) is 0 Å². The normalized spacial score (nSPS) is 20.7. The maximum Gasteiger partial charge on any atom is 0.0564 e. The molecule has 0 atom stereocenters. The Hall–Kier alpha value is -0.800. The standard InChI is InChI=1S/C10H16N2O/c13-10-2-5-12(6-3-10)8-9-1-4-11-7-9/h1,4,7,10-11,13H,2-3,5-6,8H2. The Morgan fingerprint density at radius 2 is 2.23 bits per heavy atom. The average molecular weight is 180 g/mol. The molecular weight excluding hydrogens is 164 g/mol. The molecule has 3 heteroatoms. The molecule has 2 rings (SSSR count). The lowest BCUT2D eigenvalue weighted by atomic mass is 10.1. The maximum absolute atomic E-state index is 9.32. The highest BCUT2D eigenvalue weighted by atomic mass is 16.3. The van der Waals surface area contributed by atoms with Crippen LogP contribution in [0.15, 0.2) is 18.5 Å². The zero-order valence-corrected chi connectivity index (χ0v) is 7.74. The van der Waals surface area contributed by atoms with Gasteiger partial charge in [-0.05, 0) is 24.5 Å². The van der Waals surface area contributed by atoms with Crippen LogP contribution in [-0.4, -0.2) is 34.2 Å². The number of aliphatic hydroxyl groups is 1. The van der Waals surface area contributed by atoms with Gasteiger partial charge in [-0.1, -0.05) is 0 Å². The number of aromatic nitrogens is 1. The number of hydrogen-bond acceptors (Lipinski definition) is 2. The zero-order chi connectivity index (χ0) is 9.10. The molecule has 0 saturated carbocycles. The van der Waals surface area contributed by atoms with Crippen LogP contribution in [0.2, 0.25) is 0 Å². The minimum Gasteiger partial charge on any atom is -0.393 e. The van der Waals surface area contributed by atoms with Crippen LogP contribution in [0.5, 0.6) is 0 Å². The van der Waals surface area contributed by atoms with E-state index < -0.39 is 0 Å². The van der Waals surface area contributed by atoms with Crippen molar-refractivity contribution in [3.8, 4) is 0 Å². The van der Waals surface area contributed by atoms with E-state index in [0.29, 0.717) is 0 Å². The number of likely N-dealkylation sites (tertiary alicyclic amines) is 1. The highest BCUT2D eigenvalue weighted by Gasteiger charge is 2.16. The number of aromatic amines is 1.